The molecule has 166 valence electrons. The number of esters is 1. The van der Waals surface area contributed by atoms with Crippen LogP contribution in [-0.4, -0.2) is 55.3 Å². The Morgan fingerprint density at radius 3 is 2.45 bits per heavy atom. The SMILES string of the molecule is COC(=O)c1ccc(Cc2c(C)n(CCCN3CCNCC3)c3ccccc23)cc1.Cl. The van der Waals surface area contributed by atoms with Crippen molar-refractivity contribution in [2.24, 2.45) is 0 Å². The van der Waals surface area contributed by atoms with Crippen LogP contribution in [0.5, 0.6) is 0 Å². The first-order valence-electron chi connectivity index (χ1n) is 10.8. The molecule has 2 heterocycles. The van der Waals surface area contributed by atoms with Gasteiger partial charge in [-0.25, -0.2) is 4.79 Å². The smallest absolute Gasteiger partial charge is 0.337 e. The van der Waals surface area contributed by atoms with Crippen LogP contribution in [0, 0.1) is 6.92 Å². The van der Waals surface area contributed by atoms with Crippen LogP contribution in [0.1, 0.15) is 33.6 Å². The maximum Gasteiger partial charge on any atom is 0.337 e. The van der Waals surface area contributed by atoms with Gasteiger partial charge < -0.3 is 19.5 Å². The van der Waals surface area contributed by atoms with Crippen LogP contribution >= 0.6 is 12.4 Å². The molecule has 1 aromatic heterocycles. The Morgan fingerprint density at radius 2 is 1.74 bits per heavy atom. The molecule has 6 heteroatoms. The first-order valence-corrected chi connectivity index (χ1v) is 10.8. The van der Waals surface area contributed by atoms with E-state index in [1.807, 2.05) is 24.3 Å². The van der Waals surface area contributed by atoms with Gasteiger partial charge in [-0.15, -0.1) is 12.4 Å². The molecule has 0 amide bonds. The van der Waals surface area contributed by atoms with Gasteiger partial charge in [0.15, 0.2) is 0 Å². The number of methoxy groups -OCH3 is 1. The Balaban J connectivity index is 0.00000272. The van der Waals surface area contributed by atoms with E-state index < -0.39 is 0 Å². The largest absolute Gasteiger partial charge is 0.465 e. The van der Waals surface area contributed by atoms with Crippen molar-refractivity contribution in [2.45, 2.75) is 26.3 Å². The lowest BCUT2D eigenvalue weighted by Gasteiger charge is -2.27. The van der Waals surface area contributed by atoms with Crippen LogP contribution < -0.4 is 5.32 Å². The number of halogens is 1. The van der Waals surface area contributed by atoms with Crippen molar-refractivity contribution < 1.29 is 9.53 Å². The molecule has 1 N–H and O–H groups in total. The minimum atomic E-state index is -0.293. The van der Waals surface area contributed by atoms with E-state index in [-0.39, 0.29) is 18.4 Å². The number of hydrogen-bond acceptors (Lipinski definition) is 4. The second-order valence-electron chi connectivity index (χ2n) is 8.04. The van der Waals surface area contributed by atoms with Gasteiger partial charge in [-0.05, 0) is 55.6 Å². The summed E-state index contributed by atoms with van der Waals surface area (Å²) in [7, 11) is 1.41. The van der Waals surface area contributed by atoms with E-state index in [0.29, 0.717) is 5.56 Å². The average Bonchev–Trinajstić information content (AvgIpc) is 3.06. The summed E-state index contributed by atoms with van der Waals surface area (Å²) >= 11 is 0. The van der Waals surface area contributed by atoms with Crippen LogP contribution in [0.25, 0.3) is 10.9 Å². The van der Waals surface area contributed by atoms with Crippen LogP contribution in [0.4, 0.5) is 0 Å². The van der Waals surface area contributed by atoms with Crippen molar-refractivity contribution >= 4 is 29.3 Å². The molecular weight excluding hydrogens is 410 g/mol. The number of rotatable bonds is 7. The molecular formula is C25H32ClN3O2. The topological polar surface area (TPSA) is 46.5 Å². The van der Waals surface area contributed by atoms with Crippen LogP contribution in [0.15, 0.2) is 48.5 Å². The number of ether oxygens (including phenoxy) is 1. The molecule has 1 fully saturated rings. The summed E-state index contributed by atoms with van der Waals surface area (Å²) in [6.45, 7) is 8.93. The van der Waals surface area contributed by atoms with E-state index in [9.17, 15) is 4.79 Å². The molecule has 0 unspecified atom stereocenters. The minimum absolute atomic E-state index is 0. The molecule has 3 aromatic rings. The number of carbonyl (C=O) groups is 1. The molecule has 5 nitrogen and oxygen atoms in total. The molecule has 1 saturated heterocycles. The summed E-state index contributed by atoms with van der Waals surface area (Å²) < 4.78 is 7.29. The molecule has 4 rings (SSSR count). The third kappa shape index (κ3) is 5.29. The summed E-state index contributed by atoms with van der Waals surface area (Å²) in [4.78, 5) is 14.3. The van der Waals surface area contributed by atoms with E-state index in [0.717, 1.165) is 52.1 Å². The molecule has 0 saturated carbocycles. The lowest BCUT2D eigenvalue weighted by atomic mass is 10.0. The van der Waals surface area contributed by atoms with Crippen molar-refractivity contribution in [1.82, 2.24) is 14.8 Å². The van der Waals surface area contributed by atoms with Gasteiger partial charge in [0.25, 0.3) is 0 Å². The summed E-state index contributed by atoms with van der Waals surface area (Å²) in [5.74, 6) is -0.293. The summed E-state index contributed by atoms with van der Waals surface area (Å²) in [6.07, 6.45) is 2.02. The predicted octanol–water partition coefficient (Wildman–Crippen LogP) is 4.04. The monoisotopic (exact) mass is 441 g/mol. The number of carbonyl (C=O) groups excluding carboxylic acids is 1. The van der Waals surface area contributed by atoms with Gasteiger partial charge in [-0.1, -0.05) is 30.3 Å². The van der Waals surface area contributed by atoms with E-state index in [2.05, 4.69) is 46.0 Å². The highest BCUT2D eigenvalue weighted by Crippen LogP contribution is 2.28. The summed E-state index contributed by atoms with van der Waals surface area (Å²) in [6, 6.07) is 16.5. The highest BCUT2D eigenvalue weighted by Gasteiger charge is 2.15. The maximum atomic E-state index is 11.7. The fraction of sp³-hybridized carbons (Fsp3) is 0.400. The quantitative estimate of drug-likeness (QED) is 0.562. The van der Waals surface area contributed by atoms with Gasteiger partial charge in [0.2, 0.25) is 0 Å². The molecule has 31 heavy (non-hydrogen) atoms. The zero-order valence-electron chi connectivity index (χ0n) is 18.4. The van der Waals surface area contributed by atoms with Gasteiger partial charge in [-0.3, -0.25) is 0 Å². The number of piperazine rings is 1. The van der Waals surface area contributed by atoms with Crippen LogP contribution in [0.2, 0.25) is 0 Å². The van der Waals surface area contributed by atoms with Gasteiger partial charge in [0.05, 0.1) is 12.7 Å². The highest BCUT2D eigenvalue weighted by atomic mass is 35.5. The molecule has 0 bridgehead atoms. The number of aromatic nitrogens is 1. The van der Waals surface area contributed by atoms with Gasteiger partial charge in [0.1, 0.15) is 0 Å². The van der Waals surface area contributed by atoms with Crippen molar-refractivity contribution in [3.05, 3.63) is 70.9 Å². The van der Waals surface area contributed by atoms with E-state index in [1.165, 1.54) is 34.8 Å². The zero-order valence-corrected chi connectivity index (χ0v) is 19.2. The lowest BCUT2D eigenvalue weighted by Crippen LogP contribution is -2.43. The zero-order chi connectivity index (χ0) is 20.9. The van der Waals surface area contributed by atoms with Crippen LogP contribution in [0.3, 0.4) is 0 Å². The van der Waals surface area contributed by atoms with Gasteiger partial charge >= 0.3 is 5.97 Å². The third-order valence-electron chi connectivity index (χ3n) is 6.18. The molecule has 0 radical (unpaired) electrons. The Morgan fingerprint density at radius 1 is 1.03 bits per heavy atom. The van der Waals surface area contributed by atoms with Crippen LogP contribution in [-0.2, 0) is 17.7 Å². The maximum absolute atomic E-state index is 11.7. The highest BCUT2D eigenvalue weighted by molar-refractivity contribution is 5.89. The second-order valence-corrected chi connectivity index (χ2v) is 8.04. The first-order chi connectivity index (χ1) is 14.7. The average molecular weight is 442 g/mol. The number of hydrogen-bond donors (Lipinski definition) is 1. The van der Waals surface area contributed by atoms with Crippen molar-refractivity contribution in [1.29, 1.82) is 0 Å². The van der Waals surface area contributed by atoms with E-state index in [1.54, 1.807) is 0 Å². The number of fused-ring (bicyclic) bond motifs is 1. The molecule has 2 aromatic carbocycles. The predicted molar refractivity (Wildman–Crippen MR) is 128 cm³/mol. The van der Waals surface area contributed by atoms with Crippen molar-refractivity contribution in [2.75, 3.05) is 39.8 Å². The van der Waals surface area contributed by atoms with E-state index >= 15 is 0 Å². The van der Waals surface area contributed by atoms with Crippen molar-refractivity contribution in [3.8, 4) is 0 Å². The third-order valence-corrected chi connectivity index (χ3v) is 6.18. The first kappa shape index (κ1) is 23.3. The number of aryl methyl sites for hydroxylation is 1. The lowest BCUT2D eigenvalue weighted by molar-refractivity contribution is 0.0600. The Labute approximate surface area is 190 Å². The number of nitrogens with one attached hydrogen (secondary N) is 1. The normalized spacial score (nSPS) is 14.4. The van der Waals surface area contributed by atoms with Crippen molar-refractivity contribution in [3.63, 3.8) is 0 Å². The number of nitrogens with zero attached hydrogens (tertiary/aromatic N) is 2. The fourth-order valence-electron chi connectivity index (χ4n) is 4.48. The second kappa shape index (κ2) is 10.8. The Kier molecular flexibility index (Phi) is 8.13. The standard InChI is InChI=1S/C25H31N3O2.ClH/c1-19-23(18-20-8-10-21(11-9-20)25(29)30-2)22-6-3-4-7-24(22)28(19)15-5-14-27-16-12-26-13-17-27;/h3-4,6-11,26H,5,12-18H2,1-2H3;1H. The number of para-hydroxylation sites is 1. The number of benzene rings is 2. The van der Waals surface area contributed by atoms with Gasteiger partial charge in [0, 0.05) is 49.3 Å². The molecule has 0 spiro atoms. The Hall–Kier alpha value is -2.34. The minimum Gasteiger partial charge on any atom is -0.465 e. The molecule has 0 atom stereocenters. The fourth-order valence-corrected chi connectivity index (χ4v) is 4.48. The molecule has 1 aliphatic rings. The molecule has 1 aliphatic heterocycles. The summed E-state index contributed by atoms with van der Waals surface area (Å²) in [5, 5.41) is 4.75. The Bertz CT molecular complexity index is 1010. The van der Waals surface area contributed by atoms with E-state index in [4.69, 9.17) is 4.74 Å². The summed E-state index contributed by atoms with van der Waals surface area (Å²) in [5.41, 5.74) is 5.83. The molecule has 0 aliphatic carbocycles. The van der Waals surface area contributed by atoms with Gasteiger partial charge in [-0.2, -0.15) is 0 Å².